The van der Waals surface area contributed by atoms with Gasteiger partial charge in [0.25, 0.3) is 5.22 Å². The lowest BCUT2D eigenvalue weighted by molar-refractivity contribution is -0.152. The van der Waals surface area contributed by atoms with Crippen molar-refractivity contribution in [3.8, 4) is 11.4 Å². The summed E-state index contributed by atoms with van der Waals surface area (Å²) in [5.41, 5.74) is 0.819. The summed E-state index contributed by atoms with van der Waals surface area (Å²) in [7, 11) is 0. The number of ketones is 1. The van der Waals surface area contributed by atoms with Crippen molar-refractivity contribution in [2.45, 2.75) is 12.1 Å². The first-order valence-corrected chi connectivity index (χ1v) is 6.91. The Hall–Kier alpha value is -2.15. The first-order chi connectivity index (χ1) is 9.70. The number of ether oxygens (including phenoxy) is 1. The maximum Gasteiger partial charge on any atom is 0.375 e. The summed E-state index contributed by atoms with van der Waals surface area (Å²) in [5, 5.41) is 4.05. The number of hydrogen-bond acceptors (Lipinski definition) is 7. The highest BCUT2D eigenvalue weighted by molar-refractivity contribution is 7.99. The van der Waals surface area contributed by atoms with Crippen LogP contribution in [0, 0.1) is 0 Å². The monoisotopic (exact) mass is 292 g/mol. The lowest BCUT2D eigenvalue weighted by Crippen LogP contribution is -2.19. The second-order valence-corrected chi connectivity index (χ2v) is 4.61. The van der Waals surface area contributed by atoms with Gasteiger partial charge in [-0.2, -0.15) is 4.98 Å². The summed E-state index contributed by atoms with van der Waals surface area (Å²) in [4.78, 5) is 26.7. The lowest BCUT2D eigenvalue weighted by atomic mass is 10.2. The number of rotatable bonds is 6. The third kappa shape index (κ3) is 3.67. The molecule has 0 amide bonds. The van der Waals surface area contributed by atoms with Crippen LogP contribution in [0.25, 0.3) is 11.4 Å². The van der Waals surface area contributed by atoms with Crippen molar-refractivity contribution in [1.29, 1.82) is 0 Å². The fraction of sp³-hybridized carbons (Fsp3) is 0.231. The molecule has 104 valence electrons. The van der Waals surface area contributed by atoms with Crippen LogP contribution in [0.4, 0.5) is 0 Å². The number of carbonyl (C=O) groups excluding carboxylic acids is 2. The fourth-order valence-corrected chi connectivity index (χ4v) is 1.98. The van der Waals surface area contributed by atoms with Crippen molar-refractivity contribution in [3.05, 3.63) is 30.3 Å². The molecule has 0 fully saturated rings. The van der Waals surface area contributed by atoms with Crippen LogP contribution in [0.5, 0.6) is 0 Å². The minimum atomic E-state index is -0.845. The first-order valence-electron chi connectivity index (χ1n) is 5.92. The van der Waals surface area contributed by atoms with E-state index in [1.54, 1.807) is 6.92 Å². The molecule has 2 rings (SSSR count). The van der Waals surface area contributed by atoms with Crippen LogP contribution in [0.15, 0.2) is 40.1 Å². The maximum atomic E-state index is 11.4. The Morgan fingerprint density at radius 1 is 1.30 bits per heavy atom. The second-order valence-electron chi connectivity index (χ2n) is 3.68. The molecule has 20 heavy (non-hydrogen) atoms. The molecule has 0 bridgehead atoms. The molecular formula is C13H12N2O4S. The summed E-state index contributed by atoms with van der Waals surface area (Å²) in [6.45, 7) is 1.82. The third-order valence-electron chi connectivity index (χ3n) is 2.27. The highest BCUT2D eigenvalue weighted by Gasteiger charge is 2.17. The molecule has 1 aromatic heterocycles. The second kappa shape index (κ2) is 6.85. The highest BCUT2D eigenvalue weighted by Crippen LogP contribution is 2.21. The molecule has 7 heteroatoms. The Morgan fingerprint density at radius 3 is 2.75 bits per heavy atom. The molecule has 0 aliphatic heterocycles. The van der Waals surface area contributed by atoms with Crippen LogP contribution < -0.4 is 0 Å². The SMILES string of the molecule is CCOC(=O)C(=O)CSc1nc(-c2ccccc2)no1. The van der Waals surface area contributed by atoms with E-state index in [4.69, 9.17) is 4.52 Å². The van der Waals surface area contributed by atoms with Gasteiger partial charge in [-0.1, -0.05) is 47.3 Å². The van der Waals surface area contributed by atoms with Crippen LogP contribution in [0.3, 0.4) is 0 Å². The third-order valence-corrected chi connectivity index (χ3v) is 3.09. The number of thioether (sulfide) groups is 1. The normalized spacial score (nSPS) is 10.2. The molecule has 0 aliphatic carbocycles. The zero-order valence-electron chi connectivity index (χ0n) is 10.7. The van der Waals surface area contributed by atoms with Crippen molar-refractivity contribution in [1.82, 2.24) is 10.1 Å². The number of esters is 1. The van der Waals surface area contributed by atoms with E-state index in [2.05, 4.69) is 14.9 Å². The highest BCUT2D eigenvalue weighted by atomic mass is 32.2. The molecule has 0 spiro atoms. The quantitative estimate of drug-likeness (QED) is 0.457. The van der Waals surface area contributed by atoms with Crippen molar-refractivity contribution in [3.63, 3.8) is 0 Å². The number of aromatic nitrogens is 2. The Morgan fingerprint density at radius 2 is 2.05 bits per heavy atom. The molecule has 0 saturated heterocycles. The molecule has 0 aliphatic rings. The lowest BCUT2D eigenvalue weighted by Gasteiger charge is -1.98. The van der Waals surface area contributed by atoms with Crippen molar-refractivity contribution in [2.24, 2.45) is 0 Å². The van der Waals surface area contributed by atoms with Gasteiger partial charge in [0.1, 0.15) is 0 Å². The number of Topliss-reactive ketones (excluding diaryl/α,β-unsaturated/α-hetero) is 1. The predicted octanol–water partition coefficient (Wildman–Crippen LogP) is 1.96. The number of nitrogens with zero attached hydrogens (tertiary/aromatic N) is 2. The Balaban J connectivity index is 1.94. The van der Waals surface area contributed by atoms with Gasteiger partial charge in [-0.3, -0.25) is 4.79 Å². The Bertz CT molecular complexity index is 597. The summed E-state index contributed by atoms with van der Waals surface area (Å²) in [5.74, 6) is -1.12. The van der Waals surface area contributed by atoms with Crippen molar-refractivity contribution in [2.75, 3.05) is 12.4 Å². The predicted molar refractivity (Wildman–Crippen MR) is 72.1 cm³/mol. The van der Waals surface area contributed by atoms with Crippen LogP contribution in [0.1, 0.15) is 6.92 Å². The summed E-state index contributed by atoms with van der Waals surface area (Å²) < 4.78 is 9.60. The van der Waals surface area contributed by atoms with Gasteiger partial charge in [0.2, 0.25) is 11.6 Å². The number of hydrogen-bond donors (Lipinski definition) is 0. The van der Waals surface area contributed by atoms with Crippen LogP contribution in [-0.2, 0) is 14.3 Å². The topological polar surface area (TPSA) is 82.3 Å². The van der Waals surface area contributed by atoms with Crippen molar-refractivity contribution < 1.29 is 18.8 Å². The zero-order chi connectivity index (χ0) is 14.4. The van der Waals surface area contributed by atoms with E-state index in [0.29, 0.717) is 5.82 Å². The van der Waals surface area contributed by atoms with E-state index < -0.39 is 11.8 Å². The maximum absolute atomic E-state index is 11.4. The van der Waals surface area contributed by atoms with Gasteiger partial charge in [-0.05, 0) is 6.92 Å². The van der Waals surface area contributed by atoms with Gasteiger partial charge in [0.05, 0.1) is 12.4 Å². The average molecular weight is 292 g/mol. The minimum Gasteiger partial charge on any atom is -0.460 e. The largest absolute Gasteiger partial charge is 0.460 e. The van der Waals surface area contributed by atoms with Gasteiger partial charge in [0.15, 0.2) is 0 Å². The summed E-state index contributed by atoms with van der Waals surface area (Å²) in [6, 6.07) is 9.31. The average Bonchev–Trinajstić information content (AvgIpc) is 2.95. The van der Waals surface area contributed by atoms with E-state index in [-0.39, 0.29) is 17.6 Å². The molecule has 2 aromatic rings. The van der Waals surface area contributed by atoms with Gasteiger partial charge in [0, 0.05) is 5.56 Å². The van der Waals surface area contributed by atoms with Crippen LogP contribution >= 0.6 is 11.8 Å². The fourth-order valence-electron chi connectivity index (χ4n) is 1.37. The molecule has 0 atom stereocenters. The van der Waals surface area contributed by atoms with Gasteiger partial charge in [-0.15, -0.1) is 0 Å². The summed E-state index contributed by atoms with van der Waals surface area (Å²) >= 11 is 1.01. The van der Waals surface area contributed by atoms with E-state index in [9.17, 15) is 9.59 Å². The van der Waals surface area contributed by atoms with E-state index in [1.165, 1.54) is 0 Å². The van der Waals surface area contributed by atoms with Gasteiger partial charge in [-0.25, -0.2) is 4.79 Å². The van der Waals surface area contributed by atoms with E-state index in [1.807, 2.05) is 30.3 Å². The number of carbonyl (C=O) groups is 2. The van der Waals surface area contributed by atoms with Gasteiger partial charge >= 0.3 is 5.97 Å². The molecule has 0 radical (unpaired) electrons. The first kappa shape index (κ1) is 14.3. The molecule has 0 saturated carbocycles. The van der Waals surface area contributed by atoms with Gasteiger partial charge < -0.3 is 9.26 Å². The Labute approximate surface area is 119 Å². The number of benzene rings is 1. The molecule has 1 heterocycles. The van der Waals surface area contributed by atoms with E-state index in [0.717, 1.165) is 17.3 Å². The molecule has 6 nitrogen and oxygen atoms in total. The molecule has 0 N–H and O–H groups in total. The van der Waals surface area contributed by atoms with Crippen LogP contribution in [0.2, 0.25) is 0 Å². The zero-order valence-corrected chi connectivity index (χ0v) is 11.6. The minimum absolute atomic E-state index is 0.0880. The van der Waals surface area contributed by atoms with E-state index >= 15 is 0 Å². The van der Waals surface area contributed by atoms with Crippen LogP contribution in [-0.4, -0.2) is 34.3 Å². The molecular weight excluding hydrogens is 280 g/mol. The molecule has 1 aromatic carbocycles. The Kier molecular flexibility index (Phi) is 4.89. The van der Waals surface area contributed by atoms with Crippen molar-refractivity contribution >= 4 is 23.5 Å². The molecule has 0 unspecified atom stereocenters. The smallest absolute Gasteiger partial charge is 0.375 e. The standard InChI is InChI=1S/C13H12N2O4S/c1-2-18-12(17)10(16)8-20-13-14-11(15-19-13)9-6-4-3-5-7-9/h3-7H,2,8H2,1H3. The summed E-state index contributed by atoms with van der Waals surface area (Å²) in [6.07, 6.45) is 0.